The van der Waals surface area contributed by atoms with Crippen LogP contribution in [0.3, 0.4) is 0 Å². The van der Waals surface area contributed by atoms with E-state index in [-0.39, 0.29) is 11.9 Å². The fraction of sp³-hybridized carbons (Fsp3) is 0.571. The van der Waals surface area contributed by atoms with Crippen LogP contribution >= 0.6 is 11.3 Å². The van der Waals surface area contributed by atoms with Crippen LogP contribution in [0, 0.1) is 0 Å². The lowest BCUT2D eigenvalue weighted by Gasteiger charge is -2.13. The Kier molecular flexibility index (Phi) is 7.64. The average molecular weight is 368 g/mol. The minimum absolute atomic E-state index is 0.0655. The molecule has 1 unspecified atom stereocenters. The highest BCUT2D eigenvalue weighted by molar-refractivity contribution is 7.12. The summed E-state index contributed by atoms with van der Waals surface area (Å²) in [7, 11) is 3.55. The number of ether oxygens (including phenoxy) is 1. The van der Waals surface area contributed by atoms with Crippen molar-refractivity contribution in [2.24, 2.45) is 0 Å². The molecule has 1 aliphatic rings. The molecule has 0 saturated carbocycles. The van der Waals surface area contributed by atoms with Crippen molar-refractivity contribution < 1.29 is 32.6 Å². The predicted octanol–water partition coefficient (Wildman–Crippen LogP) is 2.13. The van der Waals surface area contributed by atoms with Gasteiger partial charge in [-0.05, 0) is 30.0 Å². The molecule has 0 radical (unpaired) electrons. The molecule has 2 heterocycles. The first kappa shape index (κ1) is 20.4. The van der Waals surface area contributed by atoms with Gasteiger partial charge in [-0.1, -0.05) is 0 Å². The van der Waals surface area contributed by atoms with Gasteiger partial charge in [0.15, 0.2) is 0 Å². The molecule has 1 aromatic rings. The van der Waals surface area contributed by atoms with Crippen molar-refractivity contribution in [3.63, 3.8) is 0 Å². The molecule has 2 N–H and O–H groups in total. The molecule has 136 valence electrons. The van der Waals surface area contributed by atoms with Gasteiger partial charge in [0.05, 0.1) is 17.5 Å². The number of hydrogen-bond acceptors (Lipinski definition) is 5. The zero-order chi connectivity index (χ0) is 18.3. The molecule has 24 heavy (non-hydrogen) atoms. The maximum atomic E-state index is 11.8. The molecule has 1 aromatic heterocycles. The minimum Gasteiger partial charge on any atom is -0.475 e. The number of nitrogens with zero attached hydrogens (tertiary/aromatic N) is 1. The Morgan fingerprint density at radius 2 is 2.04 bits per heavy atom. The number of carboxylic acid groups (broad SMARTS) is 1. The second-order valence-electron chi connectivity index (χ2n) is 5.18. The Morgan fingerprint density at radius 1 is 1.42 bits per heavy atom. The fourth-order valence-electron chi connectivity index (χ4n) is 1.79. The van der Waals surface area contributed by atoms with E-state index in [1.165, 1.54) is 11.3 Å². The van der Waals surface area contributed by atoms with Crippen LogP contribution in [0.25, 0.3) is 0 Å². The molecule has 1 amide bonds. The summed E-state index contributed by atoms with van der Waals surface area (Å²) in [6.07, 6.45) is -4.04. The van der Waals surface area contributed by atoms with Crippen LogP contribution < -0.4 is 5.32 Å². The molecule has 6 nitrogen and oxygen atoms in total. The lowest BCUT2D eigenvalue weighted by molar-refractivity contribution is -0.192. The van der Waals surface area contributed by atoms with Crippen LogP contribution in [0.5, 0.6) is 0 Å². The van der Waals surface area contributed by atoms with E-state index in [1.54, 1.807) is 19.0 Å². The first-order valence-electron chi connectivity index (χ1n) is 7.04. The van der Waals surface area contributed by atoms with Gasteiger partial charge in [-0.25, -0.2) is 4.79 Å². The molecule has 1 aliphatic heterocycles. The quantitative estimate of drug-likeness (QED) is 0.836. The number of carbonyl (C=O) groups is 2. The third-order valence-corrected chi connectivity index (χ3v) is 3.96. The highest BCUT2D eigenvalue weighted by atomic mass is 32.1. The largest absolute Gasteiger partial charge is 0.490 e. The lowest BCUT2D eigenvalue weighted by Crippen LogP contribution is -2.23. The molecule has 0 aliphatic carbocycles. The summed E-state index contributed by atoms with van der Waals surface area (Å²) in [6, 6.07) is 2.19. The molecule has 0 spiro atoms. The Balaban J connectivity index is 0.000000351. The first-order valence-corrected chi connectivity index (χ1v) is 7.92. The van der Waals surface area contributed by atoms with Crippen molar-refractivity contribution >= 4 is 23.2 Å². The molecule has 1 atom stereocenters. The average Bonchev–Trinajstić information content (AvgIpc) is 2.81. The van der Waals surface area contributed by atoms with Crippen LogP contribution in [-0.4, -0.2) is 61.9 Å². The van der Waals surface area contributed by atoms with E-state index in [9.17, 15) is 18.0 Å². The predicted molar refractivity (Wildman–Crippen MR) is 82.2 cm³/mol. The topological polar surface area (TPSA) is 78.9 Å². The van der Waals surface area contributed by atoms with E-state index in [1.807, 2.05) is 11.4 Å². The highest BCUT2D eigenvalue weighted by Gasteiger charge is 2.38. The van der Waals surface area contributed by atoms with Crippen molar-refractivity contribution in [2.75, 3.05) is 33.9 Å². The van der Waals surface area contributed by atoms with Crippen LogP contribution in [0.4, 0.5) is 13.2 Å². The summed E-state index contributed by atoms with van der Waals surface area (Å²) in [5.74, 6) is -2.69. The second-order valence-corrected chi connectivity index (χ2v) is 6.09. The minimum atomic E-state index is -5.08. The van der Waals surface area contributed by atoms with Gasteiger partial charge in [0, 0.05) is 20.7 Å². The molecule has 2 rings (SSSR count). The summed E-state index contributed by atoms with van der Waals surface area (Å²) >= 11 is 1.50. The van der Waals surface area contributed by atoms with E-state index in [4.69, 9.17) is 14.6 Å². The third kappa shape index (κ3) is 6.46. The number of aliphatic carboxylic acids is 1. The van der Waals surface area contributed by atoms with Gasteiger partial charge in [0.25, 0.3) is 5.91 Å². The van der Waals surface area contributed by atoms with Gasteiger partial charge < -0.3 is 20.1 Å². The Labute approximate surface area is 141 Å². The zero-order valence-corrected chi connectivity index (χ0v) is 14.0. The number of amides is 1. The van der Waals surface area contributed by atoms with Gasteiger partial charge in [0.1, 0.15) is 0 Å². The van der Waals surface area contributed by atoms with Crippen molar-refractivity contribution in [3.05, 3.63) is 21.9 Å². The van der Waals surface area contributed by atoms with E-state index in [0.717, 1.165) is 30.0 Å². The maximum absolute atomic E-state index is 11.8. The van der Waals surface area contributed by atoms with Gasteiger partial charge >= 0.3 is 12.1 Å². The molecule has 0 bridgehead atoms. The van der Waals surface area contributed by atoms with Gasteiger partial charge in [-0.15, -0.1) is 11.3 Å². The summed E-state index contributed by atoms with van der Waals surface area (Å²) < 4.78 is 37.3. The summed E-state index contributed by atoms with van der Waals surface area (Å²) in [6.45, 7) is 2.47. The maximum Gasteiger partial charge on any atom is 0.490 e. The van der Waals surface area contributed by atoms with E-state index < -0.39 is 12.1 Å². The van der Waals surface area contributed by atoms with Crippen molar-refractivity contribution in [3.8, 4) is 0 Å². The molecule has 10 heteroatoms. The smallest absolute Gasteiger partial charge is 0.475 e. The van der Waals surface area contributed by atoms with Gasteiger partial charge in [-0.2, -0.15) is 13.2 Å². The Morgan fingerprint density at radius 3 is 2.58 bits per heavy atom. The van der Waals surface area contributed by atoms with E-state index in [0.29, 0.717) is 6.61 Å². The normalized spacial score (nSPS) is 18.1. The van der Waals surface area contributed by atoms with Crippen molar-refractivity contribution in [1.82, 2.24) is 10.2 Å². The number of hydrogen-bond donors (Lipinski definition) is 2. The van der Waals surface area contributed by atoms with Gasteiger partial charge in [0.2, 0.25) is 0 Å². The first-order chi connectivity index (χ1) is 11.1. The molecule has 1 saturated heterocycles. The van der Waals surface area contributed by atoms with E-state index in [2.05, 4.69) is 5.32 Å². The third-order valence-electron chi connectivity index (χ3n) is 3.02. The number of nitrogens with one attached hydrogen (secondary N) is 1. The molecule has 1 fully saturated rings. The second kappa shape index (κ2) is 9.00. The van der Waals surface area contributed by atoms with E-state index >= 15 is 0 Å². The van der Waals surface area contributed by atoms with Crippen molar-refractivity contribution in [1.29, 1.82) is 0 Å². The fourth-order valence-corrected chi connectivity index (χ4v) is 2.77. The van der Waals surface area contributed by atoms with Crippen LogP contribution in [0.15, 0.2) is 11.4 Å². The Bertz CT molecular complexity index is 552. The number of halogens is 3. The lowest BCUT2D eigenvalue weighted by atomic mass is 10.1. The van der Waals surface area contributed by atoms with Crippen LogP contribution in [-0.2, 0) is 9.53 Å². The number of carboxylic acids is 1. The van der Waals surface area contributed by atoms with Gasteiger partial charge in [-0.3, -0.25) is 4.79 Å². The van der Waals surface area contributed by atoms with Crippen LogP contribution in [0.2, 0.25) is 0 Å². The monoisotopic (exact) mass is 368 g/mol. The summed E-state index contributed by atoms with van der Waals surface area (Å²) in [4.78, 5) is 23.1. The zero-order valence-electron chi connectivity index (χ0n) is 13.2. The number of alkyl halides is 3. The molecular weight excluding hydrogens is 349 g/mol. The SMILES string of the molecule is CN(C)C(=O)c1cc(C2COCCCN2)cs1.O=C(O)C(F)(F)F. The molecular formula is C14H19F3N2O4S. The summed E-state index contributed by atoms with van der Waals surface area (Å²) in [5, 5.41) is 12.6. The number of rotatable bonds is 2. The van der Waals surface area contributed by atoms with Crippen LogP contribution in [0.1, 0.15) is 27.7 Å². The standard InChI is InChI=1S/C12H18N2O2S.C2HF3O2/c1-14(2)12(15)11-6-9(8-17-11)10-7-16-5-3-4-13-10;3-2(4,5)1(6)7/h6,8,10,13H,3-5,7H2,1-2H3;(H,6,7). The molecule has 0 aromatic carbocycles. The number of thiophene rings is 1. The summed E-state index contributed by atoms with van der Waals surface area (Å²) in [5.41, 5.74) is 1.15. The highest BCUT2D eigenvalue weighted by Crippen LogP contribution is 2.23. The Hall–Kier alpha value is -1.65. The number of carbonyl (C=O) groups excluding carboxylic acids is 1. The van der Waals surface area contributed by atoms with Crippen molar-refractivity contribution in [2.45, 2.75) is 18.6 Å².